The third kappa shape index (κ3) is 5.94. The summed E-state index contributed by atoms with van der Waals surface area (Å²) in [5, 5.41) is 15.5. The van der Waals surface area contributed by atoms with Crippen LogP contribution in [0, 0.1) is 10.1 Å². The van der Waals surface area contributed by atoms with Crippen molar-refractivity contribution in [2.75, 3.05) is 7.11 Å². The van der Waals surface area contributed by atoms with Gasteiger partial charge in [-0.1, -0.05) is 30.3 Å². The van der Waals surface area contributed by atoms with Gasteiger partial charge in [0.1, 0.15) is 35.1 Å². The van der Waals surface area contributed by atoms with Crippen LogP contribution >= 0.6 is 0 Å². The van der Waals surface area contributed by atoms with Crippen molar-refractivity contribution < 1.29 is 23.9 Å². The van der Waals surface area contributed by atoms with Crippen LogP contribution < -0.4 is 9.47 Å². The minimum atomic E-state index is -0.505. The van der Waals surface area contributed by atoms with E-state index in [0.29, 0.717) is 28.5 Å². The Balaban J connectivity index is 1.30. The van der Waals surface area contributed by atoms with Crippen molar-refractivity contribution in [3.05, 3.63) is 131 Å². The molecule has 0 amide bonds. The Morgan fingerprint density at radius 3 is 2.08 bits per heavy atom. The number of nitro benzene ring substituents is 1. The van der Waals surface area contributed by atoms with Gasteiger partial charge in [0, 0.05) is 23.9 Å². The van der Waals surface area contributed by atoms with Crippen molar-refractivity contribution in [2.45, 2.75) is 6.61 Å². The second-order valence-electron chi connectivity index (χ2n) is 8.47. The molecule has 1 heterocycles. The molecule has 0 saturated heterocycles. The second kappa shape index (κ2) is 11.3. The summed E-state index contributed by atoms with van der Waals surface area (Å²) in [5.74, 6) is 1.21. The zero-order valence-corrected chi connectivity index (χ0v) is 20.9. The Morgan fingerprint density at radius 2 is 1.46 bits per heavy atom. The molecule has 0 bridgehead atoms. The molecule has 5 rings (SSSR count). The third-order valence-electron chi connectivity index (χ3n) is 5.89. The number of hydrogen-bond donors (Lipinski definition) is 0. The number of methoxy groups -OCH3 is 1. The quantitative estimate of drug-likeness (QED) is 0.122. The van der Waals surface area contributed by atoms with E-state index >= 15 is 0 Å². The summed E-state index contributed by atoms with van der Waals surface area (Å²) >= 11 is 0. The standard InChI is InChI=1S/C30H23N3O6/c1-37-25-15-9-22(10-16-25)29-28(19-32(31-29)23-5-3-2-4-6-23)30(34)38-20-21-7-13-26(14-8-21)39-27-17-11-24(12-18-27)33(35)36/h2-19H,20H2,1H3. The summed E-state index contributed by atoms with van der Waals surface area (Å²) in [6, 6.07) is 29.7. The molecule has 0 fully saturated rings. The van der Waals surface area contributed by atoms with E-state index in [4.69, 9.17) is 14.2 Å². The minimum absolute atomic E-state index is 0.0102. The first-order valence-electron chi connectivity index (χ1n) is 12.0. The van der Waals surface area contributed by atoms with Crippen molar-refractivity contribution in [1.29, 1.82) is 0 Å². The average molecular weight is 522 g/mol. The topological polar surface area (TPSA) is 106 Å². The van der Waals surface area contributed by atoms with Crippen molar-refractivity contribution in [3.8, 4) is 34.2 Å². The Labute approximate surface area is 224 Å². The summed E-state index contributed by atoms with van der Waals surface area (Å²) < 4.78 is 18.3. The molecule has 39 heavy (non-hydrogen) atoms. The molecule has 9 nitrogen and oxygen atoms in total. The Kier molecular flexibility index (Phi) is 7.31. The van der Waals surface area contributed by atoms with E-state index in [0.717, 1.165) is 16.8 Å². The molecule has 5 aromatic rings. The normalized spacial score (nSPS) is 10.6. The summed E-state index contributed by atoms with van der Waals surface area (Å²) in [5.41, 5.74) is 3.16. The van der Waals surface area contributed by atoms with Crippen LogP contribution in [0.3, 0.4) is 0 Å². The molecule has 0 aliphatic heterocycles. The molecule has 0 spiro atoms. The third-order valence-corrected chi connectivity index (χ3v) is 5.89. The highest BCUT2D eigenvalue weighted by Crippen LogP contribution is 2.27. The predicted octanol–water partition coefficient (Wildman–Crippen LogP) is 6.61. The van der Waals surface area contributed by atoms with Crippen LogP contribution in [0.1, 0.15) is 15.9 Å². The predicted molar refractivity (Wildman–Crippen MR) is 144 cm³/mol. The number of nitro groups is 1. The lowest BCUT2D eigenvalue weighted by Crippen LogP contribution is -2.06. The molecule has 4 aromatic carbocycles. The molecule has 0 unspecified atom stereocenters. The van der Waals surface area contributed by atoms with Crippen LogP contribution in [0.2, 0.25) is 0 Å². The van der Waals surface area contributed by atoms with Crippen LogP contribution in [0.5, 0.6) is 17.2 Å². The lowest BCUT2D eigenvalue weighted by atomic mass is 10.1. The largest absolute Gasteiger partial charge is 0.497 e. The number of benzene rings is 4. The first-order chi connectivity index (χ1) is 19.0. The number of hydrogen-bond acceptors (Lipinski definition) is 7. The zero-order valence-electron chi connectivity index (χ0n) is 20.9. The summed E-state index contributed by atoms with van der Waals surface area (Å²) in [6.45, 7) is 0.0508. The number of aromatic nitrogens is 2. The van der Waals surface area contributed by atoms with Gasteiger partial charge in [-0.2, -0.15) is 5.10 Å². The summed E-state index contributed by atoms with van der Waals surface area (Å²) in [6.07, 6.45) is 1.67. The van der Waals surface area contributed by atoms with Crippen LogP contribution in [0.15, 0.2) is 109 Å². The van der Waals surface area contributed by atoms with E-state index in [9.17, 15) is 14.9 Å². The van der Waals surface area contributed by atoms with Gasteiger partial charge in [-0.15, -0.1) is 0 Å². The molecule has 0 N–H and O–H groups in total. The molecular weight excluding hydrogens is 498 g/mol. The van der Waals surface area contributed by atoms with Crippen LogP contribution in [0.25, 0.3) is 16.9 Å². The number of nitrogens with zero attached hydrogens (tertiary/aromatic N) is 3. The van der Waals surface area contributed by atoms with Gasteiger partial charge in [0.05, 0.1) is 17.7 Å². The minimum Gasteiger partial charge on any atom is -0.497 e. The molecule has 0 atom stereocenters. The number of carbonyl (C=O) groups is 1. The van der Waals surface area contributed by atoms with Gasteiger partial charge < -0.3 is 14.2 Å². The Morgan fingerprint density at radius 1 is 0.846 bits per heavy atom. The molecule has 9 heteroatoms. The van der Waals surface area contributed by atoms with Gasteiger partial charge in [-0.25, -0.2) is 9.48 Å². The number of rotatable bonds is 9. The first-order valence-corrected chi connectivity index (χ1v) is 12.0. The molecule has 0 saturated carbocycles. The number of carbonyl (C=O) groups excluding carboxylic acids is 1. The van der Waals surface area contributed by atoms with E-state index in [1.165, 1.54) is 24.3 Å². The van der Waals surface area contributed by atoms with Gasteiger partial charge in [-0.3, -0.25) is 10.1 Å². The number of esters is 1. The summed E-state index contributed by atoms with van der Waals surface area (Å²) in [7, 11) is 1.59. The molecule has 0 aliphatic carbocycles. The number of para-hydroxylation sites is 1. The van der Waals surface area contributed by atoms with Crippen LogP contribution in [-0.2, 0) is 11.3 Å². The Bertz CT molecular complexity index is 1580. The van der Waals surface area contributed by atoms with Crippen molar-refractivity contribution in [3.63, 3.8) is 0 Å². The van der Waals surface area contributed by atoms with Gasteiger partial charge in [-0.05, 0) is 66.2 Å². The van der Waals surface area contributed by atoms with Gasteiger partial charge in [0.15, 0.2) is 0 Å². The van der Waals surface area contributed by atoms with Crippen molar-refractivity contribution in [2.24, 2.45) is 0 Å². The van der Waals surface area contributed by atoms with Gasteiger partial charge in [0.2, 0.25) is 0 Å². The highest BCUT2D eigenvalue weighted by molar-refractivity contribution is 5.96. The van der Waals surface area contributed by atoms with Gasteiger partial charge in [0.25, 0.3) is 5.69 Å². The van der Waals surface area contributed by atoms with E-state index in [1.54, 1.807) is 42.3 Å². The highest BCUT2D eigenvalue weighted by atomic mass is 16.6. The summed E-state index contributed by atoms with van der Waals surface area (Å²) in [4.78, 5) is 23.5. The fourth-order valence-electron chi connectivity index (χ4n) is 3.85. The lowest BCUT2D eigenvalue weighted by molar-refractivity contribution is -0.384. The zero-order chi connectivity index (χ0) is 27.2. The number of non-ortho nitro benzene ring substituents is 1. The van der Waals surface area contributed by atoms with Crippen LogP contribution in [0.4, 0.5) is 5.69 Å². The SMILES string of the molecule is COc1ccc(-c2nn(-c3ccccc3)cc2C(=O)OCc2ccc(Oc3ccc([N+](=O)[O-])cc3)cc2)cc1. The lowest BCUT2D eigenvalue weighted by Gasteiger charge is -2.08. The monoisotopic (exact) mass is 521 g/mol. The maximum Gasteiger partial charge on any atom is 0.342 e. The fourth-order valence-corrected chi connectivity index (χ4v) is 3.85. The van der Waals surface area contributed by atoms with Crippen molar-refractivity contribution in [1.82, 2.24) is 9.78 Å². The average Bonchev–Trinajstić information content (AvgIpc) is 3.43. The smallest absolute Gasteiger partial charge is 0.342 e. The van der Waals surface area contributed by atoms with Crippen molar-refractivity contribution >= 4 is 11.7 Å². The maximum absolute atomic E-state index is 13.2. The molecule has 194 valence electrons. The molecule has 0 aliphatic rings. The molecule has 1 aromatic heterocycles. The van der Waals surface area contributed by atoms with E-state index in [-0.39, 0.29) is 12.3 Å². The molecule has 0 radical (unpaired) electrons. The van der Waals surface area contributed by atoms with E-state index in [2.05, 4.69) is 5.10 Å². The second-order valence-corrected chi connectivity index (χ2v) is 8.47. The van der Waals surface area contributed by atoms with E-state index in [1.807, 2.05) is 54.6 Å². The molecular formula is C30H23N3O6. The maximum atomic E-state index is 13.2. The highest BCUT2D eigenvalue weighted by Gasteiger charge is 2.20. The first kappa shape index (κ1) is 25.2. The van der Waals surface area contributed by atoms with Crippen LogP contribution in [-0.4, -0.2) is 27.8 Å². The number of ether oxygens (including phenoxy) is 3. The Hall–Kier alpha value is -5.44. The van der Waals surface area contributed by atoms with Gasteiger partial charge >= 0.3 is 5.97 Å². The fraction of sp³-hybridized carbons (Fsp3) is 0.0667. The van der Waals surface area contributed by atoms with E-state index < -0.39 is 10.9 Å².